The van der Waals surface area contributed by atoms with Gasteiger partial charge >= 0.3 is 0 Å². The van der Waals surface area contributed by atoms with Gasteiger partial charge in [0.15, 0.2) is 0 Å². The summed E-state index contributed by atoms with van der Waals surface area (Å²) < 4.78 is 0. The van der Waals surface area contributed by atoms with Crippen LogP contribution in [0.4, 0.5) is 0 Å². The van der Waals surface area contributed by atoms with Crippen LogP contribution in [0.25, 0.3) is 0 Å². The lowest BCUT2D eigenvalue weighted by molar-refractivity contribution is 1.04. The molecule has 0 saturated heterocycles. The van der Waals surface area contributed by atoms with Gasteiger partial charge in [0.2, 0.25) is 0 Å². The molecule has 0 saturated carbocycles. The third-order valence-electron chi connectivity index (χ3n) is 1.46. The van der Waals surface area contributed by atoms with Gasteiger partial charge in [-0.25, -0.2) is 15.0 Å². The highest BCUT2D eigenvalue weighted by atomic mass is 35.5. The Labute approximate surface area is 90.6 Å². The van der Waals surface area contributed by atoms with Crippen molar-refractivity contribution in [2.45, 2.75) is 10.1 Å². The first-order valence-electron chi connectivity index (χ1n) is 3.90. The molecular weight excluding hydrogens is 218 g/mol. The topological polar surface area (TPSA) is 38.7 Å². The number of halogens is 1. The van der Waals surface area contributed by atoms with Gasteiger partial charge in [-0.05, 0) is 30.0 Å². The second-order valence-electron chi connectivity index (χ2n) is 2.46. The summed E-state index contributed by atoms with van der Waals surface area (Å²) in [5.74, 6) is 0. The number of hydrogen-bond acceptors (Lipinski definition) is 4. The summed E-state index contributed by atoms with van der Waals surface area (Å²) in [5.41, 5.74) is 0. The summed E-state index contributed by atoms with van der Waals surface area (Å²) >= 11 is 7.19. The SMILES string of the molecule is Clc1ccc(Sc2ccncn2)nc1. The highest BCUT2D eigenvalue weighted by molar-refractivity contribution is 7.99. The molecule has 0 fully saturated rings. The summed E-state index contributed by atoms with van der Waals surface area (Å²) in [4.78, 5) is 12.1. The van der Waals surface area contributed by atoms with Gasteiger partial charge in [-0.3, -0.25) is 0 Å². The zero-order chi connectivity index (χ0) is 9.80. The molecule has 0 atom stereocenters. The molecule has 0 aliphatic heterocycles. The van der Waals surface area contributed by atoms with Crippen molar-refractivity contribution in [3.8, 4) is 0 Å². The third kappa shape index (κ3) is 2.43. The minimum atomic E-state index is 0.636. The van der Waals surface area contributed by atoms with Gasteiger partial charge in [0, 0.05) is 12.4 Å². The minimum Gasteiger partial charge on any atom is -0.248 e. The summed E-state index contributed by atoms with van der Waals surface area (Å²) in [5, 5.41) is 2.37. The first-order chi connectivity index (χ1) is 6.84. The molecule has 0 amide bonds. The lowest BCUT2D eigenvalue weighted by Crippen LogP contribution is -1.82. The van der Waals surface area contributed by atoms with Crippen LogP contribution in [-0.4, -0.2) is 15.0 Å². The van der Waals surface area contributed by atoms with E-state index < -0.39 is 0 Å². The van der Waals surface area contributed by atoms with Crippen LogP contribution in [0.1, 0.15) is 0 Å². The van der Waals surface area contributed by atoms with E-state index in [0.29, 0.717) is 5.02 Å². The maximum atomic E-state index is 5.72. The second-order valence-corrected chi connectivity index (χ2v) is 3.94. The van der Waals surface area contributed by atoms with E-state index in [2.05, 4.69) is 15.0 Å². The monoisotopic (exact) mass is 223 g/mol. The van der Waals surface area contributed by atoms with Crippen LogP contribution in [0, 0.1) is 0 Å². The molecule has 2 aromatic heterocycles. The lowest BCUT2D eigenvalue weighted by Gasteiger charge is -1.98. The second kappa shape index (κ2) is 4.39. The number of aromatic nitrogens is 3. The van der Waals surface area contributed by atoms with Crippen molar-refractivity contribution in [2.75, 3.05) is 0 Å². The first kappa shape index (κ1) is 9.43. The van der Waals surface area contributed by atoms with Crippen molar-refractivity contribution >= 4 is 23.4 Å². The van der Waals surface area contributed by atoms with Crippen LogP contribution in [0.3, 0.4) is 0 Å². The fourth-order valence-corrected chi connectivity index (χ4v) is 1.66. The van der Waals surface area contributed by atoms with Crippen LogP contribution in [0.5, 0.6) is 0 Å². The van der Waals surface area contributed by atoms with Gasteiger partial charge in [0.05, 0.1) is 5.02 Å². The third-order valence-corrected chi connectivity index (χ3v) is 2.59. The predicted molar refractivity (Wildman–Crippen MR) is 55.4 cm³/mol. The average Bonchev–Trinajstić information content (AvgIpc) is 2.23. The number of hydrogen-bond donors (Lipinski definition) is 0. The highest BCUT2D eigenvalue weighted by Gasteiger charge is 1.98. The van der Waals surface area contributed by atoms with Gasteiger partial charge in [0.25, 0.3) is 0 Å². The number of pyridine rings is 1. The maximum absolute atomic E-state index is 5.72. The molecule has 0 radical (unpaired) electrons. The molecule has 0 aliphatic carbocycles. The highest BCUT2D eigenvalue weighted by Crippen LogP contribution is 2.23. The lowest BCUT2D eigenvalue weighted by atomic mass is 10.5. The Morgan fingerprint density at radius 3 is 2.57 bits per heavy atom. The molecule has 2 aromatic rings. The predicted octanol–water partition coefficient (Wildman–Crippen LogP) is 2.68. The smallest absolute Gasteiger partial charge is 0.116 e. The van der Waals surface area contributed by atoms with E-state index in [1.807, 2.05) is 12.1 Å². The maximum Gasteiger partial charge on any atom is 0.116 e. The normalized spacial score (nSPS) is 10.1. The van der Waals surface area contributed by atoms with Gasteiger partial charge in [-0.1, -0.05) is 11.6 Å². The molecule has 5 heteroatoms. The molecule has 0 unspecified atom stereocenters. The van der Waals surface area contributed by atoms with Crippen LogP contribution in [-0.2, 0) is 0 Å². The zero-order valence-corrected chi connectivity index (χ0v) is 8.66. The summed E-state index contributed by atoms with van der Waals surface area (Å²) in [6, 6.07) is 5.49. The molecule has 0 aromatic carbocycles. The average molecular weight is 224 g/mol. The fraction of sp³-hybridized carbons (Fsp3) is 0. The fourth-order valence-electron chi connectivity index (χ4n) is 0.869. The van der Waals surface area contributed by atoms with E-state index in [4.69, 9.17) is 11.6 Å². The number of nitrogens with zero attached hydrogens (tertiary/aromatic N) is 3. The van der Waals surface area contributed by atoms with E-state index in [9.17, 15) is 0 Å². The Morgan fingerprint density at radius 1 is 1.07 bits per heavy atom. The molecule has 3 nitrogen and oxygen atoms in total. The minimum absolute atomic E-state index is 0.636. The van der Waals surface area contributed by atoms with Gasteiger partial charge in [-0.2, -0.15) is 0 Å². The van der Waals surface area contributed by atoms with Crippen molar-refractivity contribution < 1.29 is 0 Å². The van der Waals surface area contributed by atoms with E-state index in [-0.39, 0.29) is 0 Å². The molecule has 0 spiro atoms. The summed E-state index contributed by atoms with van der Waals surface area (Å²) in [6.45, 7) is 0. The van der Waals surface area contributed by atoms with Gasteiger partial charge in [-0.15, -0.1) is 0 Å². The molecular formula is C9H6ClN3S. The van der Waals surface area contributed by atoms with Crippen molar-refractivity contribution in [3.05, 3.63) is 41.9 Å². The molecule has 2 rings (SSSR count). The molecule has 2 heterocycles. The summed E-state index contributed by atoms with van der Waals surface area (Å²) in [6.07, 6.45) is 4.83. The van der Waals surface area contributed by atoms with E-state index >= 15 is 0 Å². The molecule has 0 bridgehead atoms. The Balaban J connectivity index is 2.16. The molecule has 0 N–H and O–H groups in total. The van der Waals surface area contributed by atoms with Crippen LogP contribution >= 0.6 is 23.4 Å². The quantitative estimate of drug-likeness (QED) is 0.734. The Hall–Kier alpha value is -1.13. The van der Waals surface area contributed by atoms with Crippen LogP contribution in [0.15, 0.2) is 47.0 Å². The zero-order valence-electron chi connectivity index (χ0n) is 7.09. The van der Waals surface area contributed by atoms with E-state index in [0.717, 1.165) is 10.1 Å². The Bertz CT molecular complexity index is 404. The first-order valence-corrected chi connectivity index (χ1v) is 5.09. The van der Waals surface area contributed by atoms with Crippen molar-refractivity contribution in [3.63, 3.8) is 0 Å². The van der Waals surface area contributed by atoms with E-state index in [1.165, 1.54) is 18.1 Å². The number of rotatable bonds is 2. The van der Waals surface area contributed by atoms with Crippen LogP contribution < -0.4 is 0 Å². The van der Waals surface area contributed by atoms with Crippen LogP contribution in [0.2, 0.25) is 5.02 Å². The largest absolute Gasteiger partial charge is 0.248 e. The molecule has 14 heavy (non-hydrogen) atoms. The Kier molecular flexibility index (Phi) is 2.96. The van der Waals surface area contributed by atoms with Crippen molar-refractivity contribution in [1.29, 1.82) is 0 Å². The Morgan fingerprint density at radius 2 is 1.93 bits per heavy atom. The molecule has 0 aliphatic rings. The molecule has 70 valence electrons. The standard InChI is InChI=1S/C9H6ClN3S/c10-7-1-2-8(12-5-7)14-9-3-4-11-6-13-9/h1-6H. The van der Waals surface area contributed by atoms with Gasteiger partial charge in [0.1, 0.15) is 16.4 Å². The van der Waals surface area contributed by atoms with Crippen molar-refractivity contribution in [2.24, 2.45) is 0 Å². The van der Waals surface area contributed by atoms with Gasteiger partial charge < -0.3 is 0 Å². The van der Waals surface area contributed by atoms with E-state index in [1.54, 1.807) is 18.5 Å². The summed E-state index contributed by atoms with van der Waals surface area (Å²) in [7, 11) is 0. The van der Waals surface area contributed by atoms with Crippen molar-refractivity contribution in [1.82, 2.24) is 15.0 Å².